The minimum absolute atomic E-state index is 0.102. The fourth-order valence-corrected chi connectivity index (χ4v) is 2.98. The van der Waals surface area contributed by atoms with Crippen LogP contribution in [0, 0.1) is 5.41 Å². The number of halogens is 3. The molecule has 1 atom stereocenters. The van der Waals surface area contributed by atoms with Crippen LogP contribution in [-0.2, 0) is 16.1 Å². The van der Waals surface area contributed by atoms with E-state index in [1.165, 1.54) is 0 Å². The molecule has 0 N–H and O–H groups in total. The first-order chi connectivity index (χ1) is 10.7. The Kier molecular flexibility index (Phi) is 5.77. The fraction of sp³-hybridized carbons (Fsp3) is 0.412. The first-order valence-electron chi connectivity index (χ1n) is 7.32. The zero-order chi connectivity index (χ0) is 17.1. The van der Waals surface area contributed by atoms with Crippen molar-refractivity contribution in [1.29, 1.82) is 0 Å². The number of allylic oxidation sites excluding steroid dienone is 1. The number of nitrogens with zero attached hydrogens (tertiary/aromatic N) is 1. The highest BCUT2D eigenvalue weighted by Crippen LogP contribution is 2.34. The third-order valence-corrected chi connectivity index (χ3v) is 4.40. The summed E-state index contributed by atoms with van der Waals surface area (Å²) in [4.78, 5) is 25.4. The highest BCUT2D eigenvalue weighted by molar-refractivity contribution is 6.76. The van der Waals surface area contributed by atoms with Gasteiger partial charge in [-0.1, -0.05) is 78.1 Å². The Hall–Kier alpha value is -1.03. The molecule has 0 aliphatic heterocycles. The fourth-order valence-electron chi connectivity index (χ4n) is 2.62. The van der Waals surface area contributed by atoms with Gasteiger partial charge in [0.1, 0.15) is 0 Å². The minimum Gasteiger partial charge on any atom is -0.334 e. The third kappa shape index (κ3) is 5.23. The van der Waals surface area contributed by atoms with E-state index in [2.05, 4.69) is 0 Å². The molecule has 3 nitrogen and oxygen atoms in total. The number of amides is 1. The molecule has 2 rings (SSSR count). The number of rotatable bonds is 4. The first kappa shape index (κ1) is 18.3. The van der Waals surface area contributed by atoms with E-state index in [4.69, 9.17) is 34.8 Å². The largest absolute Gasteiger partial charge is 0.334 e. The van der Waals surface area contributed by atoms with Crippen LogP contribution in [0.15, 0.2) is 42.5 Å². The van der Waals surface area contributed by atoms with Gasteiger partial charge in [-0.3, -0.25) is 9.59 Å². The molecule has 0 heterocycles. The van der Waals surface area contributed by atoms with Crippen molar-refractivity contribution >= 4 is 46.5 Å². The van der Waals surface area contributed by atoms with Gasteiger partial charge in [-0.2, -0.15) is 0 Å². The molecule has 0 aromatic heterocycles. The predicted octanol–water partition coefficient (Wildman–Crippen LogP) is 4.31. The molecule has 23 heavy (non-hydrogen) atoms. The Morgan fingerprint density at radius 2 is 1.91 bits per heavy atom. The number of carbonyl (C=O) groups excluding carboxylic acids is 2. The molecular weight excluding hydrogens is 357 g/mol. The number of ketones is 1. The van der Waals surface area contributed by atoms with E-state index in [0.717, 1.165) is 5.56 Å². The van der Waals surface area contributed by atoms with Crippen molar-refractivity contribution in [3.05, 3.63) is 48.0 Å². The maximum Gasteiger partial charge on any atom is 0.275 e. The second-order valence-electron chi connectivity index (χ2n) is 6.10. The van der Waals surface area contributed by atoms with Crippen LogP contribution in [0.1, 0.15) is 25.3 Å². The average Bonchev–Trinajstić information content (AvgIpc) is 2.49. The van der Waals surface area contributed by atoms with E-state index in [0.29, 0.717) is 25.9 Å². The lowest BCUT2D eigenvalue weighted by atomic mass is 9.80. The summed E-state index contributed by atoms with van der Waals surface area (Å²) in [5.74, 6) is -0.456. The molecule has 0 bridgehead atoms. The van der Waals surface area contributed by atoms with Crippen molar-refractivity contribution in [3.8, 4) is 0 Å². The van der Waals surface area contributed by atoms with E-state index in [-0.39, 0.29) is 11.2 Å². The Balaban J connectivity index is 2.21. The lowest BCUT2D eigenvalue weighted by Crippen LogP contribution is -2.44. The number of carbonyl (C=O) groups is 2. The monoisotopic (exact) mass is 373 g/mol. The highest BCUT2D eigenvalue weighted by atomic mass is 35.6. The van der Waals surface area contributed by atoms with E-state index >= 15 is 0 Å². The van der Waals surface area contributed by atoms with Gasteiger partial charge in [0, 0.05) is 24.9 Å². The quantitative estimate of drug-likeness (QED) is 0.736. The van der Waals surface area contributed by atoms with Crippen LogP contribution in [0.3, 0.4) is 0 Å². The van der Waals surface area contributed by atoms with Crippen LogP contribution in [0.2, 0.25) is 0 Å². The van der Waals surface area contributed by atoms with Crippen LogP contribution in [0.25, 0.3) is 0 Å². The van der Waals surface area contributed by atoms with Gasteiger partial charge in [0.05, 0.1) is 0 Å². The SMILES string of the molecule is CC1(CN(Cc2ccccc2)C(=O)C(Cl)(Cl)Cl)C=CC(=O)CC1. The smallest absolute Gasteiger partial charge is 0.275 e. The molecule has 0 saturated carbocycles. The van der Waals surface area contributed by atoms with Crippen LogP contribution < -0.4 is 0 Å². The lowest BCUT2D eigenvalue weighted by Gasteiger charge is -2.36. The summed E-state index contributed by atoms with van der Waals surface area (Å²) in [5.41, 5.74) is 0.642. The molecule has 1 aromatic rings. The van der Waals surface area contributed by atoms with Crippen molar-refractivity contribution in [3.63, 3.8) is 0 Å². The molecule has 0 saturated heterocycles. The van der Waals surface area contributed by atoms with Crippen LogP contribution >= 0.6 is 34.8 Å². The first-order valence-corrected chi connectivity index (χ1v) is 8.45. The molecule has 0 radical (unpaired) electrons. The summed E-state index contributed by atoms with van der Waals surface area (Å²) in [6, 6.07) is 9.53. The van der Waals surface area contributed by atoms with E-state index in [9.17, 15) is 9.59 Å². The molecule has 0 spiro atoms. The van der Waals surface area contributed by atoms with Crippen LogP contribution in [0.4, 0.5) is 0 Å². The normalized spacial score (nSPS) is 21.3. The standard InChI is InChI=1S/C17H18Cl3NO2/c1-16(9-7-14(22)8-10-16)12-21(15(23)17(18,19)20)11-13-5-3-2-4-6-13/h2-7,9H,8,10-12H2,1H3. The Labute approximate surface area is 151 Å². The van der Waals surface area contributed by atoms with Crippen LogP contribution in [0.5, 0.6) is 0 Å². The van der Waals surface area contributed by atoms with Gasteiger partial charge in [-0.05, 0) is 18.1 Å². The molecule has 1 unspecified atom stereocenters. The van der Waals surface area contributed by atoms with E-state index in [1.54, 1.807) is 11.0 Å². The Bertz CT molecular complexity index is 610. The molecule has 124 valence electrons. The molecule has 1 aliphatic rings. The maximum absolute atomic E-state index is 12.5. The molecule has 1 aromatic carbocycles. The van der Waals surface area contributed by atoms with E-state index < -0.39 is 9.70 Å². The zero-order valence-electron chi connectivity index (χ0n) is 12.8. The number of alkyl halides is 3. The molecule has 0 fully saturated rings. The minimum atomic E-state index is -2.00. The van der Waals surface area contributed by atoms with Crippen molar-refractivity contribution in [2.75, 3.05) is 6.54 Å². The predicted molar refractivity (Wildman–Crippen MR) is 93.6 cm³/mol. The number of benzene rings is 1. The van der Waals surface area contributed by atoms with Crippen molar-refractivity contribution < 1.29 is 9.59 Å². The van der Waals surface area contributed by atoms with Crippen molar-refractivity contribution in [2.24, 2.45) is 5.41 Å². The summed E-state index contributed by atoms with van der Waals surface area (Å²) in [7, 11) is 0. The van der Waals surface area contributed by atoms with Gasteiger partial charge in [0.2, 0.25) is 0 Å². The van der Waals surface area contributed by atoms with Gasteiger partial charge >= 0.3 is 0 Å². The summed E-state index contributed by atoms with van der Waals surface area (Å²) in [6.07, 6.45) is 4.56. The Morgan fingerprint density at radius 1 is 1.26 bits per heavy atom. The zero-order valence-corrected chi connectivity index (χ0v) is 15.0. The molecular formula is C17H18Cl3NO2. The second kappa shape index (κ2) is 7.25. The summed E-state index contributed by atoms with van der Waals surface area (Å²) in [5, 5.41) is 0. The summed E-state index contributed by atoms with van der Waals surface area (Å²) in [6.45, 7) is 2.74. The van der Waals surface area contributed by atoms with Gasteiger partial charge < -0.3 is 4.90 Å². The lowest BCUT2D eigenvalue weighted by molar-refractivity contribution is -0.132. The Morgan fingerprint density at radius 3 is 2.43 bits per heavy atom. The topological polar surface area (TPSA) is 37.4 Å². The number of hydrogen-bond donors (Lipinski definition) is 0. The molecule has 6 heteroatoms. The molecule has 1 amide bonds. The summed E-state index contributed by atoms with van der Waals surface area (Å²) < 4.78 is -2.00. The summed E-state index contributed by atoms with van der Waals surface area (Å²) >= 11 is 17.4. The van der Waals surface area contributed by atoms with Gasteiger partial charge in [-0.25, -0.2) is 0 Å². The van der Waals surface area contributed by atoms with Crippen molar-refractivity contribution in [2.45, 2.75) is 30.1 Å². The van der Waals surface area contributed by atoms with Gasteiger partial charge in [0.25, 0.3) is 9.70 Å². The molecule has 1 aliphatic carbocycles. The van der Waals surface area contributed by atoms with Crippen molar-refractivity contribution in [1.82, 2.24) is 4.90 Å². The number of hydrogen-bond acceptors (Lipinski definition) is 2. The third-order valence-electron chi connectivity index (χ3n) is 3.91. The highest BCUT2D eigenvalue weighted by Gasteiger charge is 2.38. The average molecular weight is 375 g/mol. The van der Waals surface area contributed by atoms with Gasteiger partial charge in [-0.15, -0.1) is 0 Å². The van der Waals surface area contributed by atoms with Gasteiger partial charge in [0.15, 0.2) is 5.78 Å². The maximum atomic E-state index is 12.5. The van der Waals surface area contributed by atoms with E-state index in [1.807, 2.05) is 43.3 Å². The second-order valence-corrected chi connectivity index (χ2v) is 8.38. The van der Waals surface area contributed by atoms with Crippen LogP contribution in [-0.4, -0.2) is 26.9 Å².